The normalized spacial score (nSPS) is 13.8. The van der Waals surface area contributed by atoms with Crippen LogP contribution in [0.2, 0.25) is 0 Å². The van der Waals surface area contributed by atoms with Crippen molar-refractivity contribution in [2.75, 3.05) is 19.0 Å². The first-order valence-corrected chi connectivity index (χ1v) is 8.05. The summed E-state index contributed by atoms with van der Waals surface area (Å²) in [7, 11) is 4.12. The van der Waals surface area contributed by atoms with E-state index in [-0.39, 0.29) is 0 Å². The average Bonchev–Trinajstić information content (AvgIpc) is 2.47. The minimum Gasteiger partial charge on any atom is -0.378 e. The molecule has 0 aliphatic heterocycles. The molecular formula is C18H23BrN2. The third-order valence-corrected chi connectivity index (χ3v) is 4.25. The molecule has 112 valence electrons. The lowest BCUT2D eigenvalue weighted by atomic mass is 10.0. The molecule has 0 saturated heterocycles. The zero-order valence-electron chi connectivity index (χ0n) is 13.1. The number of nitrogens with one attached hydrogen (secondary N) is 1. The molecule has 2 nitrogen and oxygen atoms in total. The Labute approximate surface area is 136 Å². The fourth-order valence-electron chi connectivity index (χ4n) is 2.40. The van der Waals surface area contributed by atoms with Gasteiger partial charge in [0.15, 0.2) is 0 Å². The molecule has 1 N–H and O–H groups in total. The molecule has 0 amide bonds. The number of nitrogens with zero attached hydrogens (tertiary/aromatic N) is 1. The highest BCUT2D eigenvalue weighted by atomic mass is 79.9. The molecular weight excluding hydrogens is 324 g/mol. The van der Waals surface area contributed by atoms with E-state index in [1.54, 1.807) is 0 Å². The number of rotatable bonds is 5. The topological polar surface area (TPSA) is 15.3 Å². The van der Waals surface area contributed by atoms with E-state index >= 15 is 0 Å². The number of hydrogen-bond donors (Lipinski definition) is 1. The van der Waals surface area contributed by atoms with Crippen LogP contribution in [-0.2, 0) is 0 Å². The second-order valence-electron chi connectivity index (χ2n) is 5.65. The molecule has 0 fully saturated rings. The maximum absolute atomic E-state index is 3.65. The maximum atomic E-state index is 3.65. The molecule has 2 unspecified atom stereocenters. The van der Waals surface area contributed by atoms with Gasteiger partial charge in [0.2, 0.25) is 0 Å². The molecule has 0 aliphatic carbocycles. The average molecular weight is 347 g/mol. The standard InChI is InChI=1S/C18H23BrN2/c1-13(15-8-10-18(11-9-15)21(3)4)20-14(2)16-6-5-7-17(19)12-16/h5-14,20H,1-4H3. The Morgan fingerprint density at radius 1 is 0.905 bits per heavy atom. The van der Waals surface area contributed by atoms with Gasteiger partial charge >= 0.3 is 0 Å². The van der Waals surface area contributed by atoms with Crippen LogP contribution in [0.1, 0.15) is 37.1 Å². The molecule has 2 aromatic rings. The molecule has 0 aliphatic rings. The quantitative estimate of drug-likeness (QED) is 0.825. The Morgan fingerprint density at radius 2 is 1.52 bits per heavy atom. The van der Waals surface area contributed by atoms with Gasteiger partial charge in [0.05, 0.1) is 0 Å². The lowest BCUT2D eigenvalue weighted by Gasteiger charge is -2.22. The van der Waals surface area contributed by atoms with Crippen LogP contribution in [0, 0.1) is 0 Å². The zero-order chi connectivity index (χ0) is 15.4. The Balaban J connectivity index is 2.05. The highest BCUT2D eigenvalue weighted by Crippen LogP contribution is 2.23. The summed E-state index contributed by atoms with van der Waals surface area (Å²) in [6, 6.07) is 17.8. The minimum absolute atomic E-state index is 0.311. The van der Waals surface area contributed by atoms with Gasteiger partial charge in [-0.25, -0.2) is 0 Å². The first kappa shape index (κ1) is 16.1. The van der Waals surface area contributed by atoms with Crippen molar-refractivity contribution in [3.05, 3.63) is 64.1 Å². The molecule has 2 atom stereocenters. The Hall–Kier alpha value is -1.32. The summed E-state index contributed by atoms with van der Waals surface area (Å²) >= 11 is 3.53. The first-order valence-electron chi connectivity index (χ1n) is 7.26. The van der Waals surface area contributed by atoms with Crippen LogP contribution in [0.3, 0.4) is 0 Å². The fourth-order valence-corrected chi connectivity index (χ4v) is 2.82. The van der Waals surface area contributed by atoms with Crippen molar-refractivity contribution in [2.45, 2.75) is 25.9 Å². The lowest BCUT2D eigenvalue weighted by molar-refractivity contribution is 0.494. The maximum Gasteiger partial charge on any atom is 0.0361 e. The number of benzene rings is 2. The van der Waals surface area contributed by atoms with Crippen molar-refractivity contribution in [3.63, 3.8) is 0 Å². The van der Waals surface area contributed by atoms with Crippen molar-refractivity contribution in [2.24, 2.45) is 0 Å². The number of halogens is 1. The number of hydrogen-bond acceptors (Lipinski definition) is 2. The van der Waals surface area contributed by atoms with Gasteiger partial charge in [-0.2, -0.15) is 0 Å². The highest BCUT2D eigenvalue weighted by molar-refractivity contribution is 9.10. The van der Waals surface area contributed by atoms with Crippen LogP contribution in [0.5, 0.6) is 0 Å². The molecule has 21 heavy (non-hydrogen) atoms. The third kappa shape index (κ3) is 4.32. The highest BCUT2D eigenvalue weighted by Gasteiger charge is 2.11. The van der Waals surface area contributed by atoms with E-state index in [1.807, 2.05) is 0 Å². The van der Waals surface area contributed by atoms with Crippen LogP contribution < -0.4 is 10.2 Å². The Bertz CT molecular complexity index is 578. The van der Waals surface area contributed by atoms with Gasteiger partial charge in [-0.1, -0.05) is 40.2 Å². The van der Waals surface area contributed by atoms with Gasteiger partial charge in [-0.05, 0) is 49.2 Å². The molecule has 0 heterocycles. The van der Waals surface area contributed by atoms with Crippen molar-refractivity contribution in [1.29, 1.82) is 0 Å². The van der Waals surface area contributed by atoms with Crippen molar-refractivity contribution < 1.29 is 0 Å². The van der Waals surface area contributed by atoms with E-state index < -0.39 is 0 Å². The summed E-state index contributed by atoms with van der Waals surface area (Å²) in [5.41, 5.74) is 3.83. The van der Waals surface area contributed by atoms with Gasteiger partial charge in [0.1, 0.15) is 0 Å². The predicted octanol–water partition coefficient (Wildman–Crippen LogP) is 4.93. The predicted molar refractivity (Wildman–Crippen MR) is 94.9 cm³/mol. The van der Waals surface area contributed by atoms with Crippen LogP contribution in [0.15, 0.2) is 53.0 Å². The van der Waals surface area contributed by atoms with E-state index in [2.05, 4.69) is 103 Å². The van der Waals surface area contributed by atoms with Gasteiger partial charge in [-0.3, -0.25) is 0 Å². The van der Waals surface area contributed by atoms with Gasteiger partial charge < -0.3 is 10.2 Å². The molecule has 3 heteroatoms. The summed E-state index contributed by atoms with van der Waals surface area (Å²) in [4.78, 5) is 2.12. The molecule has 0 spiro atoms. The summed E-state index contributed by atoms with van der Waals surface area (Å²) in [6.45, 7) is 4.41. The Kier molecular flexibility index (Phi) is 5.43. The summed E-state index contributed by atoms with van der Waals surface area (Å²) in [5.74, 6) is 0. The second-order valence-corrected chi connectivity index (χ2v) is 6.57. The van der Waals surface area contributed by atoms with Gasteiger partial charge in [0.25, 0.3) is 0 Å². The summed E-state index contributed by atoms with van der Waals surface area (Å²) in [5, 5.41) is 3.65. The SMILES string of the molecule is CC(NC(C)c1cccc(Br)c1)c1ccc(N(C)C)cc1. The minimum atomic E-state index is 0.311. The first-order chi connectivity index (χ1) is 9.97. The largest absolute Gasteiger partial charge is 0.378 e. The van der Waals surface area contributed by atoms with E-state index in [1.165, 1.54) is 16.8 Å². The lowest BCUT2D eigenvalue weighted by Crippen LogP contribution is -2.22. The van der Waals surface area contributed by atoms with Gasteiger partial charge in [0, 0.05) is 36.3 Å². The molecule has 0 saturated carbocycles. The van der Waals surface area contributed by atoms with E-state index in [0.29, 0.717) is 12.1 Å². The van der Waals surface area contributed by atoms with Crippen LogP contribution in [-0.4, -0.2) is 14.1 Å². The zero-order valence-corrected chi connectivity index (χ0v) is 14.7. The van der Waals surface area contributed by atoms with E-state index in [9.17, 15) is 0 Å². The van der Waals surface area contributed by atoms with Gasteiger partial charge in [-0.15, -0.1) is 0 Å². The summed E-state index contributed by atoms with van der Waals surface area (Å²) in [6.07, 6.45) is 0. The van der Waals surface area contributed by atoms with E-state index in [4.69, 9.17) is 0 Å². The fraction of sp³-hybridized carbons (Fsp3) is 0.333. The smallest absolute Gasteiger partial charge is 0.0361 e. The van der Waals surface area contributed by atoms with Crippen LogP contribution in [0.4, 0.5) is 5.69 Å². The molecule has 0 bridgehead atoms. The van der Waals surface area contributed by atoms with Crippen molar-refractivity contribution in [1.82, 2.24) is 5.32 Å². The third-order valence-electron chi connectivity index (χ3n) is 3.76. The molecule has 2 aromatic carbocycles. The summed E-state index contributed by atoms with van der Waals surface area (Å²) < 4.78 is 1.12. The number of anilines is 1. The van der Waals surface area contributed by atoms with Crippen LogP contribution >= 0.6 is 15.9 Å². The van der Waals surface area contributed by atoms with Crippen LogP contribution in [0.25, 0.3) is 0 Å². The Morgan fingerprint density at radius 3 is 2.10 bits per heavy atom. The van der Waals surface area contributed by atoms with Crippen molar-refractivity contribution in [3.8, 4) is 0 Å². The molecule has 0 radical (unpaired) electrons. The molecule has 2 rings (SSSR count). The monoisotopic (exact) mass is 346 g/mol. The van der Waals surface area contributed by atoms with Crippen molar-refractivity contribution >= 4 is 21.6 Å². The second kappa shape index (κ2) is 7.10. The molecule has 0 aromatic heterocycles. The van der Waals surface area contributed by atoms with E-state index in [0.717, 1.165) is 4.47 Å².